The van der Waals surface area contributed by atoms with Crippen molar-refractivity contribution in [3.05, 3.63) is 105 Å². The number of amides is 1. The van der Waals surface area contributed by atoms with Crippen molar-refractivity contribution < 1.29 is 26.4 Å². The molecule has 2 heterocycles. The molecule has 37 heavy (non-hydrogen) atoms. The number of aromatic nitrogens is 1. The molecule has 5 rings (SSSR count). The number of sulfonamides is 1. The summed E-state index contributed by atoms with van der Waals surface area (Å²) in [5.74, 6) is -0.479. The van der Waals surface area contributed by atoms with Gasteiger partial charge in [0.25, 0.3) is 15.9 Å². The predicted octanol–water partition coefficient (Wildman–Crippen LogP) is 4.55. The number of benzene rings is 3. The van der Waals surface area contributed by atoms with Crippen molar-refractivity contribution in [1.29, 1.82) is 0 Å². The minimum absolute atomic E-state index is 0.0322. The molecule has 2 N–H and O–H groups in total. The van der Waals surface area contributed by atoms with Gasteiger partial charge in [0.2, 0.25) is 5.43 Å². The van der Waals surface area contributed by atoms with E-state index in [1.54, 1.807) is 4.90 Å². The van der Waals surface area contributed by atoms with E-state index in [9.17, 15) is 31.2 Å². The Labute approximate surface area is 209 Å². The zero-order valence-corrected chi connectivity index (χ0v) is 20.0. The number of carbonyl (C=O) groups excluding carboxylic acids is 1. The second kappa shape index (κ2) is 9.07. The Hall–Kier alpha value is -4.12. The van der Waals surface area contributed by atoms with Crippen molar-refractivity contribution in [1.82, 2.24) is 9.88 Å². The van der Waals surface area contributed by atoms with Crippen molar-refractivity contribution in [3.63, 3.8) is 0 Å². The molecule has 0 fully saturated rings. The van der Waals surface area contributed by atoms with E-state index in [4.69, 9.17) is 0 Å². The number of carbonyl (C=O) groups is 1. The minimum Gasteiger partial charge on any atom is -0.360 e. The Morgan fingerprint density at radius 1 is 0.973 bits per heavy atom. The molecule has 4 aromatic rings. The van der Waals surface area contributed by atoms with Crippen molar-refractivity contribution in [3.8, 4) is 0 Å². The van der Waals surface area contributed by atoms with Crippen molar-refractivity contribution >= 4 is 32.5 Å². The molecule has 1 amide bonds. The lowest BCUT2D eigenvalue weighted by Gasteiger charge is -2.28. The molecule has 0 spiro atoms. The number of alkyl halides is 3. The molecule has 0 unspecified atom stereocenters. The maximum absolute atomic E-state index is 13.2. The predicted molar refractivity (Wildman–Crippen MR) is 132 cm³/mol. The number of rotatable bonds is 4. The Morgan fingerprint density at radius 2 is 1.73 bits per heavy atom. The van der Waals surface area contributed by atoms with E-state index < -0.39 is 33.1 Å². The first-order valence-corrected chi connectivity index (χ1v) is 12.7. The number of fused-ring (bicyclic) bond motifs is 2. The van der Waals surface area contributed by atoms with Crippen LogP contribution in [0.3, 0.4) is 0 Å². The fourth-order valence-corrected chi connectivity index (χ4v) is 5.41. The van der Waals surface area contributed by atoms with Gasteiger partial charge in [0.05, 0.1) is 10.5 Å². The second-order valence-electron chi connectivity index (χ2n) is 8.67. The van der Waals surface area contributed by atoms with Gasteiger partial charge in [-0.05, 0) is 53.9 Å². The van der Waals surface area contributed by atoms with E-state index in [0.717, 1.165) is 29.3 Å². The maximum Gasteiger partial charge on any atom is 0.416 e. The van der Waals surface area contributed by atoms with Crippen LogP contribution in [0.1, 0.15) is 27.0 Å². The summed E-state index contributed by atoms with van der Waals surface area (Å²) < 4.78 is 67.0. The highest BCUT2D eigenvalue weighted by Crippen LogP contribution is 2.31. The summed E-state index contributed by atoms with van der Waals surface area (Å²) in [6.07, 6.45) is -2.68. The molecule has 0 atom stereocenters. The molecule has 1 aliphatic heterocycles. The largest absolute Gasteiger partial charge is 0.416 e. The Kier molecular flexibility index (Phi) is 6.03. The molecule has 7 nitrogen and oxygen atoms in total. The fourth-order valence-electron chi connectivity index (χ4n) is 4.34. The fraction of sp³-hybridized carbons (Fsp3) is 0.154. The van der Waals surface area contributed by atoms with Gasteiger partial charge < -0.3 is 9.88 Å². The quantitative estimate of drug-likeness (QED) is 0.407. The molecule has 190 valence electrons. The van der Waals surface area contributed by atoms with Crippen LogP contribution in [0.4, 0.5) is 18.9 Å². The lowest BCUT2D eigenvalue weighted by Crippen LogP contribution is -2.38. The number of pyridine rings is 1. The van der Waals surface area contributed by atoms with Gasteiger partial charge in [0.1, 0.15) is 5.56 Å². The normalized spacial score (nSPS) is 13.9. The zero-order chi connectivity index (χ0) is 26.4. The third-order valence-corrected chi connectivity index (χ3v) is 7.63. The van der Waals surface area contributed by atoms with Crippen LogP contribution in [0.2, 0.25) is 0 Å². The van der Waals surface area contributed by atoms with Crippen LogP contribution < -0.4 is 10.2 Å². The van der Waals surface area contributed by atoms with Crippen molar-refractivity contribution in [2.45, 2.75) is 24.0 Å². The highest BCUT2D eigenvalue weighted by atomic mass is 32.2. The lowest BCUT2D eigenvalue weighted by atomic mass is 9.99. The summed E-state index contributed by atoms with van der Waals surface area (Å²) in [4.78, 5) is 30.5. The summed E-state index contributed by atoms with van der Waals surface area (Å²) in [6.45, 7) is 0.782. The average Bonchev–Trinajstić information content (AvgIpc) is 2.87. The highest BCUT2D eigenvalue weighted by Gasteiger charge is 2.31. The van der Waals surface area contributed by atoms with E-state index >= 15 is 0 Å². The van der Waals surface area contributed by atoms with E-state index in [2.05, 4.69) is 9.71 Å². The third-order valence-electron chi connectivity index (χ3n) is 6.25. The summed E-state index contributed by atoms with van der Waals surface area (Å²) in [6, 6.07) is 15.2. The van der Waals surface area contributed by atoms with Crippen LogP contribution in [0, 0.1) is 0 Å². The summed E-state index contributed by atoms with van der Waals surface area (Å²) in [7, 11) is -4.34. The Bertz CT molecular complexity index is 1700. The highest BCUT2D eigenvalue weighted by molar-refractivity contribution is 7.92. The molecule has 1 aromatic heterocycles. The van der Waals surface area contributed by atoms with Crippen molar-refractivity contribution in [2.75, 3.05) is 11.3 Å². The topological polar surface area (TPSA) is 99.3 Å². The second-order valence-corrected chi connectivity index (χ2v) is 10.4. The number of hydrogen-bond acceptors (Lipinski definition) is 4. The number of H-pyrrole nitrogens is 1. The van der Waals surface area contributed by atoms with Gasteiger partial charge in [0, 0.05) is 35.9 Å². The first-order valence-electron chi connectivity index (χ1n) is 11.2. The molecular weight excluding hydrogens is 507 g/mol. The van der Waals surface area contributed by atoms with Crippen LogP contribution in [-0.4, -0.2) is 30.8 Å². The van der Waals surface area contributed by atoms with E-state index in [0.29, 0.717) is 31.1 Å². The summed E-state index contributed by atoms with van der Waals surface area (Å²) in [5, 5.41) is -0.0322. The third kappa shape index (κ3) is 4.82. The average molecular weight is 528 g/mol. The molecular formula is C26H20F3N3O4S. The van der Waals surface area contributed by atoms with Crippen LogP contribution >= 0.6 is 0 Å². The van der Waals surface area contributed by atoms with Crippen molar-refractivity contribution in [2.24, 2.45) is 0 Å². The zero-order valence-electron chi connectivity index (χ0n) is 19.2. The number of halogens is 3. The number of anilines is 1. The van der Waals surface area contributed by atoms with Gasteiger partial charge in [-0.2, -0.15) is 13.2 Å². The number of aromatic amines is 1. The molecule has 1 aliphatic rings. The van der Waals surface area contributed by atoms with E-state index in [1.807, 2.05) is 24.3 Å². The molecule has 0 radical (unpaired) electrons. The van der Waals surface area contributed by atoms with Crippen LogP contribution in [0.25, 0.3) is 10.9 Å². The molecule has 0 saturated heterocycles. The molecule has 0 aliphatic carbocycles. The van der Waals surface area contributed by atoms with Gasteiger partial charge in [-0.1, -0.05) is 30.3 Å². The number of nitrogens with zero attached hydrogens (tertiary/aromatic N) is 1. The standard InChI is InChI=1S/C26H20F3N3O4S/c27-26(28,29)18-6-3-7-19(12-18)31-37(35,36)20-8-9-23-21(13-20)24(33)22(14-30-23)25(34)32-11-10-16-4-1-2-5-17(16)15-32/h1-9,12-14,31H,10-11,15H2,(H,30,33). The number of nitrogens with one attached hydrogen (secondary N) is 2. The lowest BCUT2D eigenvalue weighted by molar-refractivity contribution is -0.137. The minimum atomic E-state index is -4.64. The maximum atomic E-state index is 13.2. The summed E-state index contributed by atoms with van der Waals surface area (Å²) in [5.41, 5.74) is 0.379. The molecule has 0 bridgehead atoms. The van der Waals surface area contributed by atoms with Crippen LogP contribution in [-0.2, 0) is 29.2 Å². The Morgan fingerprint density at radius 3 is 2.49 bits per heavy atom. The van der Waals surface area contributed by atoms with E-state index in [1.165, 1.54) is 24.4 Å². The molecule has 3 aromatic carbocycles. The van der Waals surface area contributed by atoms with Crippen LogP contribution in [0.15, 0.2) is 82.6 Å². The van der Waals surface area contributed by atoms with E-state index in [-0.39, 0.29) is 21.5 Å². The number of hydrogen-bond donors (Lipinski definition) is 2. The van der Waals surface area contributed by atoms with Gasteiger partial charge in [0.15, 0.2) is 0 Å². The van der Waals surface area contributed by atoms with Crippen LogP contribution in [0.5, 0.6) is 0 Å². The first-order chi connectivity index (χ1) is 17.5. The summed E-state index contributed by atoms with van der Waals surface area (Å²) >= 11 is 0. The molecule has 0 saturated carbocycles. The van der Waals surface area contributed by atoms with Gasteiger partial charge >= 0.3 is 6.18 Å². The van der Waals surface area contributed by atoms with Gasteiger partial charge in [-0.25, -0.2) is 8.42 Å². The monoisotopic (exact) mass is 527 g/mol. The smallest absolute Gasteiger partial charge is 0.360 e. The SMILES string of the molecule is O=C(c1c[nH]c2ccc(S(=O)(=O)Nc3cccc(C(F)(F)F)c3)cc2c1=O)N1CCc2ccccc2C1. The first kappa shape index (κ1) is 24.6. The van der Waals surface area contributed by atoms with Gasteiger partial charge in [-0.15, -0.1) is 0 Å². The molecule has 11 heteroatoms. The Balaban J connectivity index is 1.46. The van der Waals surface area contributed by atoms with Gasteiger partial charge in [-0.3, -0.25) is 14.3 Å².